The number of aromatic nitrogens is 2. The van der Waals surface area contributed by atoms with Crippen LogP contribution in [0.1, 0.15) is 54.6 Å². The number of fused-ring (bicyclic) bond motifs is 2. The van der Waals surface area contributed by atoms with Gasteiger partial charge in [-0.2, -0.15) is 0 Å². The van der Waals surface area contributed by atoms with Gasteiger partial charge in [0.15, 0.2) is 0 Å². The minimum atomic E-state index is -0.668. The smallest absolute Gasteiger partial charge is 0.232 e. The molecule has 0 radical (unpaired) electrons. The summed E-state index contributed by atoms with van der Waals surface area (Å²) in [5.74, 6) is 0.110. The Morgan fingerprint density at radius 1 is 1.03 bits per heavy atom. The fraction of sp³-hybridized carbons (Fsp3) is 0.321. The molecule has 6 heteroatoms. The van der Waals surface area contributed by atoms with E-state index in [2.05, 4.69) is 18.2 Å². The number of halogens is 1. The first kappa shape index (κ1) is 22.6. The highest BCUT2D eigenvalue weighted by atomic mass is 35.5. The third-order valence-electron chi connectivity index (χ3n) is 7.21. The molecule has 1 saturated heterocycles. The van der Waals surface area contributed by atoms with E-state index < -0.39 is 5.41 Å². The van der Waals surface area contributed by atoms with E-state index in [0.29, 0.717) is 13.1 Å². The fourth-order valence-corrected chi connectivity index (χ4v) is 5.41. The molecule has 5 rings (SSSR count). The van der Waals surface area contributed by atoms with Crippen LogP contribution in [-0.4, -0.2) is 34.1 Å². The van der Waals surface area contributed by atoms with E-state index in [0.717, 1.165) is 46.7 Å². The quantitative estimate of drug-likeness (QED) is 0.430. The summed E-state index contributed by atoms with van der Waals surface area (Å²) in [6.07, 6.45) is 8.51. The van der Waals surface area contributed by atoms with Crippen LogP contribution in [0.25, 0.3) is 5.57 Å². The Morgan fingerprint density at radius 2 is 1.74 bits per heavy atom. The van der Waals surface area contributed by atoms with Gasteiger partial charge in [0.25, 0.3) is 0 Å². The summed E-state index contributed by atoms with van der Waals surface area (Å²) < 4.78 is 0.993. The second-order valence-electron chi connectivity index (χ2n) is 9.68. The van der Waals surface area contributed by atoms with Crippen LogP contribution in [-0.2, 0) is 23.1 Å². The summed E-state index contributed by atoms with van der Waals surface area (Å²) in [4.78, 5) is 20.3. The lowest BCUT2D eigenvalue weighted by Crippen LogP contribution is -2.46. The van der Waals surface area contributed by atoms with Crippen LogP contribution in [0.2, 0.25) is 5.02 Å². The monoisotopic (exact) mass is 474 g/mol. The number of carbonyl (C=O) groups excluding carboxylic acids is 1. The minimum absolute atomic E-state index is 0.110. The molecule has 2 aromatic heterocycles. The van der Waals surface area contributed by atoms with Gasteiger partial charge in [0.05, 0.1) is 11.1 Å². The molecule has 2 aliphatic rings. The van der Waals surface area contributed by atoms with E-state index in [4.69, 9.17) is 16.6 Å². The van der Waals surface area contributed by atoms with Crippen molar-refractivity contribution in [3.63, 3.8) is 0 Å². The zero-order chi connectivity index (χ0) is 23.9. The van der Waals surface area contributed by atoms with Crippen LogP contribution in [0.5, 0.6) is 0 Å². The van der Waals surface area contributed by atoms with Crippen molar-refractivity contribution in [3.8, 4) is 0 Å². The molecule has 0 atom stereocenters. The second-order valence-corrected chi connectivity index (χ2v) is 10.1. The van der Waals surface area contributed by atoms with Crippen LogP contribution in [0.4, 0.5) is 0 Å². The molecule has 0 unspecified atom stereocenters. The van der Waals surface area contributed by atoms with Gasteiger partial charge in [-0.15, -0.1) is 0 Å². The van der Waals surface area contributed by atoms with Gasteiger partial charge in [0.1, 0.15) is 0 Å². The summed E-state index contributed by atoms with van der Waals surface area (Å²) in [7, 11) is 0. The molecule has 1 aromatic carbocycles. The number of amides is 1. The molecule has 1 N–H and O–H groups in total. The largest absolute Gasteiger partial charge is 0.341 e. The van der Waals surface area contributed by atoms with E-state index in [1.165, 1.54) is 27.8 Å². The molecule has 34 heavy (non-hydrogen) atoms. The maximum Gasteiger partial charge on any atom is 0.232 e. The zero-order valence-electron chi connectivity index (χ0n) is 19.6. The number of pyridine rings is 2. The summed E-state index contributed by atoms with van der Waals surface area (Å²) in [6.45, 7) is 5.26. The lowest BCUT2D eigenvalue weighted by molar-refractivity contribution is -0.904. The SMILES string of the molecule is CC(C)(C(=O)N1CCC(=C2c3ccc(Cl)cc3CCc3cccnc32)CC1)c1cc[n+](O)cc1. The van der Waals surface area contributed by atoms with Crippen molar-refractivity contribution >= 4 is 23.1 Å². The number of benzene rings is 1. The summed E-state index contributed by atoms with van der Waals surface area (Å²) >= 11 is 6.34. The maximum atomic E-state index is 13.5. The Bertz CT molecular complexity index is 1270. The van der Waals surface area contributed by atoms with Crippen LogP contribution < -0.4 is 4.73 Å². The number of rotatable bonds is 2. The van der Waals surface area contributed by atoms with Crippen molar-refractivity contribution in [2.24, 2.45) is 0 Å². The standard InChI is InChI=1S/C28H29ClN3O2/c1-28(2,22-11-16-32(34)17-12-22)27(33)31-14-9-19(10-15-31)25-24-8-7-23(29)18-21(24)6-5-20-4-3-13-30-26(20)25/h3-4,7-8,11-13,16-18,34H,5-6,9-10,14-15H2,1-2H3/q+1. The van der Waals surface area contributed by atoms with Crippen molar-refractivity contribution in [2.45, 2.75) is 44.9 Å². The predicted molar refractivity (Wildman–Crippen MR) is 132 cm³/mol. The first-order chi connectivity index (χ1) is 16.3. The summed E-state index contributed by atoms with van der Waals surface area (Å²) in [5.41, 5.74) is 7.62. The molecule has 174 valence electrons. The average Bonchev–Trinajstić information content (AvgIpc) is 3.00. The first-order valence-electron chi connectivity index (χ1n) is 11.8. The minimum Gasteiger partial charge on any atom is -0.341 e. The molecular formula is C28H29ClN3O2+. The number of likely N-dealkylation sites (tertiary alicyclic amines) is 1. The molecule has 0 spiro atoms. The van der Waals surface area contributed by atoms with Crippen LogP contribution in [0.3, 0.4) is 0 Å². The van der Waals surface area contributed by atoms with Crippen molar-refractivity contribution in [1.29, 1.82) is 0 Å². The van der Waals surface area contributed by atoms with E-state index >= 15 is 0 Å². The van der Waals surface area contributed by atoms with Crippen molar-refractivity contribution in [1.82, 2.24) is 9.88 Å². The number of nitrogens with zero attached hydrogens (tertiary/aromatic N) is 3. The van der Waals surface area contributed by atoms with Gasteiger partial charge in [-0.05, 0) is 80.0 Å². The molecule has 3 aromatic rings. The van der Waals surface area contributed by atoms with Gasteiger partial charge in [-0.25, -0.2) is 0 Å². The molecule has 1 amide bonds. The lowest BCUT2D eigenvalue weighted by Gasteiger charge is -2.36. The normalized spacial score (nSPS) is 16.0. The van der Waals surface area contributed by atoms with E-state index in [1.54, 1.807) is 24.5 Å². The predicted octanol–water partition coefficient (Wildman–Crippen LogP) is 4.76. The van der Waals surface area contributed by atoms with Crippen molar-refractivity contribution in [3.05, 3.63) is 99.6 Å². The van der Waals surface area contributed by atoms with Crippen molar-refractivity contribution < 1.29 is 14.7 Å². The Kier molecular flexibility index (Phi) is 5.90. The van der Waals surface area contributed by atoms with E-state index in [1.807, 2.05) is 37.1 Å². The highest BCUT2D eigenvalue weighted by Gasteiger charge is 2.36. The summed E-state index contributed by atoms with van der Waals surface area (Å²) in [5, 5.41) is 10.3. The van der Waals surface area contributed by atoms with Gasteiger partial charge in [-0.1, -0.05) is 29.3 Å². The maximum absolute atomic E-state index is 13.5. The highest BCUT2D eigenvalue weighted by Crippen LogP contribution is 2.39. The Labute approximate surface area is 205 Å². The molecule has 1 aliphatic carbocycles. The highest BCUT2D eigenvalue weighted by molar-refractivity contribution is 6.30. The van der Waals surface area contributed by atoms with E-state index in [-0.39, 0.29) is 5.91 Å². The first-order valence-corrected chi connectivity index (χ1v) is 12.2. The molecule has 3 heterocycles. The van der Waals surface area contributed by atoms with Crippen molar-refractivity contribution in [2.75, 3.05) is 13.1 Å². The third kappa shape index (κ3) is 4.09. The second kappa shape index (κ2) is 8.88. The molecule has 0 bridgehead atoms. The average molecular weight is 475 g/mol. The summed E-state index contributed by atoms with van der Waals surface area (Å²) in [6, 6.07) is 14.0. The van der Waals surface area contributed by atoms with Gasteiger partial charge in [-0.3, -0.25) is 15.0 Å². The lowest BCUT2D eigenvalue weighted by atomic mass is 9.82. The topological polar surface area (TPSA) is 57.3 Å². The molecule has 1 aliphatic heterocycles. The van der Waals surface area contributed by atoms with Gasteiger partial charge < -0.3 is 4.90 Å². The van der Waals surface area contributed by atoms with E-state index in [9.17, 15) is 10.0 Å². The Balaban J connectivity index is 1.46. The van der Waals surface area contributed by atoms with Crippen LogP contribution >= 0.6 is 11.6 Å². The molecular weight excluding hydrogens is 446 g/mol. The van der Waals surface area contributed by atoms with Gasteiger partial charge in [0.2, 0.25) is 18.3 Å². The van der Waals surface area contributed by atoms with Crippen LogP contribution in [0.15, 0.2) is 66.6 Å². The number of hydrogen-bond donors (Lipinski definition) is 1. The molecule has 1 fully saturated rings. The molecule has 0 saturated carbocycles. The number of piperidine rings is 1. The third-order valence-corrected chi connectivity index (χ3v) is 7.44. The van der Waals surface area contributed by atoms with Crippen LogP contribution in [0, 0.1) is 0 Å². The fourth-order valence-electron chi connectivity index (χ4n) is 5.22. The Morgan fingerprint density at radius 3 is 2.47 bits per heavy atom. The Hall–Kier alpha value is -3.18. The zero-order valence-corrected chi connectivity index (χ0v) is 20.3. The number of carbonyl (C=O) groups is 1. The molecule has 5 nitrogen and oxygen atoms in total. The van der Waals surface area contributed by atoms with Gasteiger partial charge in [0, 0.05) is 46.7 Å². The number of hydrogen-bond acceptors (Lipinski definition) is 3. The van der Waals surface area contributed by atoms with Gasteiger partial charge >= 0.3 is 0 Å². The number of aryl methyl sites for hydroxylation is 2.